The molecule has 0 aliphatic carbocycles. The van der Waals surface area contributed by atoms with Gasteiger partial charge in [-0.05, 0) is 12.1 Å². The van der Waals surface area contributed by atoms with Crippen molar-refractivity contribution in [1.82, 2.24) is 0 Å². The number of carboxylic acids is 1. The second-order valence-electron chi connectivity index (χ2n) is 1.92. The van der Waals surface area contributed by atoms with Crippen LogP contribution in [0.3, 0.4) is 0 Å². The minimum absolute atomic E-state index is 0. The molecule has 0 aromatic heterocycles. The van der Waals surface area contributed by atoms with Crippen molar-refractivity contribution in [1.29, 1.82) is 0 Å². The SMILES string of the molecule is O=C(O)C#Cc1ccccc1.[H-].[K+]. The van der Waals surface area contributed by atoms with Crippen LogP contribution < -0.4 is 51.4 Å². The van der Waals surface area contributed by atoms with Gasteiger partial charge in [-0.2, -0.15) is 0 Å². The molecule has 0 aliphatic heterocycles. The normalized spacial score (nSPS) is 7.33. The van der Waals surface area contributed by atoms with E-state index in [1.54, 1.807) is 12.1 Å². The predicted molar refractivity (Wildman–Crippen MR) is 42.1 cm³/mol. The first kappa shape index (κ1) is 11.9. The van der Waals surface area contributed by atoms with Gasteiger partial charge in [0, 0.05) is 11.5 Å². The molecule has 0 radical (unpaired) electrons. The third-order valence-corrected chi connectivity index (χ3v) is 1.09. The van der Waals surface area contributed by atoms with Crippen LogP contribution in [0, 0.1) is 11.8 Å². The van der Waals surface area contributed by atoms with E-state index in [2.05, 4.69) is 5.92 Å². The minimum Gasteiger partial charge on any atom is -1.00 e. The first-order valence-corrected chi connectivity index (χ1v) is 3.09. The Labute approximate surface area is 115 Å². The topological polar surface area (TPSA) is 37.3 Å². The fourth-order valence-corrected chi connectivity index (χ4v) is 0.647. The Bertz CT molecular complexity index is 313. The Morgan fingerprint density at radius 3 is 2.42 bits per heavy atom. The molecule has 0 unspecified atom stereocenters. The van der Waals surface area contributed by atoms with Gasteiger partial charge in [-0.1, -0.05) is 24.1 Å². The maximum absolute atomic E-state index is 10.00. The fourth-order valence-electron chi connectivity index (χ4n) is 0.647. The number of carbonyl (C=O) groups is 1. The first-order valence-electron chi connectivity index (χ1n) is 3.09. The summed E-state index contributed by atoms with van der Waals surface area (Å²) in [7, 11) is 0. The number of rotatable bonds is 0. The zero-order valence-corrected chi connectivity index (χ0v) is 9.87. The van der Waals surface area contributed by atoms with Crippen LogP contribution in [0.2, 0.25) is 0 Å². The van der Waals surface area contributed by atoms with Crippen molar-refractivity contribution >= 4 is 5.97 Å². The average molecular weight is 186 g/mol. The van der Waals surface area contributed by atoms with Crippen LogP contribution in [0.4, 0.5) is 0 Å². The van der Waals surface area contributed by atoms with Crippen molar-refractivity contribution in [2.24, 2.45) is 0 Å². The van der Waals surface area contributed by atoms with Crippen molar-refractivity contribution < 1.29 is 62.7 Å². The zero-order chi connectivity index (χ0) is 8.10. The van der Waals surface area contributed by atoms with Gasteiger partial charge in [0.1, 0.15) is 0 Å². The molecular weight excluding hydrogens is 179 g/mol. The van der Waals surface area contributed by atoms with Gasteiger partial charge in [-0.15, -0.1) is 0 Å². The molecule has 0 fully saturated rings. The van der Waals surface area contributed by atoms with Crippen LogP contribution in [0.15, 0.2) is 30.3 Å². The summed E-state index contributed by atoms with van der Waals surface area (Å²) in [5.41, 5.74) is 0.718. The Hall–Kier alpha value is -0.114. The van der Waals surface area contributed by atoms with Gasteiger partial charge in [0.25, 0.3) is 0 Å². The number of aliphatic carboxylic acids is 1. The van der Waals surface area contributed by atoms with E-state index >= 15 is 0 Å². The molecule has 1 N–H and O–H groups in total. The van der Waals surface area contributed by atoms with E-state index in [1.165, 1.54) is 0 Å². The maximum Gasteiger partial charge on any atom is 1.00 e. The zero-order valence-electron chi connectivity index (χ0n) is 7.74. The molecule has 0 spiro atoms. The van der Waals surface area contributed by atoms with Gasteiger partial charge < -0.3 is 6.53 Å². The number of hydrogen-bond acceptors (Lipinski definition) is 1. The second kappa shape index (κ2) is 6.41. The van der Waals surface area contributed by atoms with Crippen LogP contribution in [-0.2, 0) is 4.79 Å². The van der Waals surface area contributed by atoms with Gasteiger partial charge in [0.2, 0.25) is 0 Å². The Kier molecular flexibility index (Phi) is 6.35. The molecule has 0 aliphatic rings. The summed E-state index contributed by atoms with van der Waals surface area (Å²) in [5.74, 6) is 3.42. The van der Waals surface area contributed by atoms with Crippen LogP contribution in [0.25, 0.3) is 0 Å². The first-order chi connectivity index (χ1) is 5.29. The molecule has 12 heavy (non-hydrogen) atoms. The minimum atomic E-state index is -1.10. The fraction of sp³-hybridized carbons (Fsp3) is 0. The third-order valence-electron chi connectivity index (χ3n) is 1.09. The van der Waals surface area contributed by atoms with Gasteiger partial charge >= 0.3 is 57.4 Å². The van der Waals surface area contributed by atoms with Gasteiger partial charge in [-0.25, -0.2) is 4.79 Å². The largest absolute Gasteiger partial charge is 1.00 e. The van der Waals surface area contributed by atoms with Crippen molar-refractivity contribution in [3.8, 4) is 11.8 Å². The second-order valence-corrected chi connectivity index (χ2v) is 1.92. The summed E-state index contributed by atoms with van der Waals surface area (Å²) < 4.78 is 0. The summed E-state index contributed by atoms with van der Waals surface area (Å²) in [5, 5.41) is 8.20. The Morgan fingerprint density at radius 2 is 1.92 bits per heavy atom. The number of benzene rings is 1. The number of carboxylic acid groups (broad SMARTS) is 1. The summed E-state index contributed by atoms with van der Waals surface area (Å²) in [6.07, 6.45) is 0. The van der Waals surface area contributed by atoms with E-state index in [-0.39, 0.29) is 52.8 Å². The van der Waals surface area contributed by atoms with Gasteiger partial charge in [0.15, 0.2) is 0 Å². The van der Waals surface area contributed by atoms with E-state index in [9.17, 15) is 4.79 Å². The molecule has 1 rings (SSSR count). The molecule has 0 atom stereocenters. The van der Waals surface area contributed by atoms with Crippen molar-refractivity contribution in [2.45, 2.75) is 0 Å². The standard InChI is InChI=1S/C9H6O2.K.H/c10-9(11)7-6-8-4-2-1-3-5-8;;/h1-5H,(H,10,11);;/q;+1;-1. The summed E-state index contributed by atoms with van der Waals surface area (Å²) in [4.78, 5) is 10.00. The van der Waals surface area contributed by atoms with Crippen LogP contribution in [-0.4, -0.2) is 11.1 Å². The smallest absolute Gasteiger partial charge is 1.00 e. The van der Waals surface area contributed by atoms with Crippen LogP contribution in [0.1, 0.15) is 6.99 Å². The van der Waals surface area contributed by atoms with E-state index in [1.807, 2.05) is 24.1 Å². The monoisotopic (exact) mass is 186 g/mol. The summed E-state index contributed by atoms with van der Waals surface area (Å²) in [6, 6.07) is 9.00. The molecular formula is C9H7KO2. The molecule has 0 amide bonds. The van der Waals surface area contributed by atoms with E-state index in [0.717, 1.165) is 5.56 Å². The molecule has 1 aromatic rings. The average Bonchev–Trinajstić information content (AvgIpc) is 2.03. The van der Waals surface area contributed by atoms with E-state index in [4.69, 9.17) is 5.11 Å². The van der Waals surface area contributed by atoms with Gasteiger partial charge in [0.05, 0.1) is 0 Å². The molecule has 0 saturated heterocycles. The molecule has 1 aromatic carbocycles. The molecule has 2 nitrogen and oxygen atoms in total. The van der Waals surface area contributed by atoms with E-state index < -0.39 is 5.97 Å². The van der Waals surface area contributed by atoms with E-state index in [0.29, 0.717) is 0 Å². The molecule has 3 heteroatoms. The summed E-state index contributed by atoms with van der Waals surface area (Å²) in [6.45, 7) is 0. The van der Waals surface area contributed by atoms with Crippen molar-refractivity contribution in [2.75, 3.05) is 0 Å². The molecule has 0 heterocycles. The maximum atomic E-state index is 10.00. The Balaban J connectivity index is 0. The van der Waals surface area contributed by atoms with Crippen molar-refractivity contribution in [3.05, 3.63) is 35.9 Å². The van der Waals surface area contributed by atoms with Crippen LogP contribution >= 0.6 is 0 Å². The molecule has 0 saturated carbocycles. The quantitative estimate of drug-likeness (QED) is 0.385. The Morgan fingerprint density at radius 1 is 1.33 bits per heavy atom. The number of hydrogen-bond donors (Lipinski definition) is 1. The predicted octanol–water partition coefficient (Wildman–Crippen LogP) is -1.76. The summed E-state index contributed by atoms with van der Waals surface area (Å²) >= 11 is 0. The van der Waals surface area contributed by atoms with Crippen molar-refractivity contribution in [3.63, 3.8) is 0 Å². The van der Waals surface area contributed by atoms with Crippen LogP contribution in [0.5, 0.6) is 0 Å². The van der Waals surface area contributed by atoms with Gasteiger partial charge in [-0.3, -0.25) is 0 Å². The third kappa shape index (κ3) is 4.70. The molecule has 0 bridgehead atoms. The molecule has 56 valence electrons.